The first-order valence-electron chi connectivity index (χ1n) is 6.71. The molecule has 0 heterocycles. The summed E-state index contributed by atoms with van der Waals surface area (Å²) >= 11 is 0. The van der Waals surface area contributed by atoms with Crippen molar-refractivity contribution in [3.63, 3.8) is 0 Å². The van der Waals surface area contributed by atoms with Crippen LogP contribution in [-0.4, -0.2) is 37.9 Å². The Labute approximate surface area is 125 Å². The summed E-state index contributed by atoms with van der Waals surface area (Å²) in [6.45, 7) is 3.92. The highest BCUT2D eigenvalue weighted by Crippen LogP contribution is 2.22. The van der Waals surface area contributed by atoms with Gasteiger partial charge in [-0.15, -0.1) is 0 Å². The molecule has 0 spiro atoms. The zero-order chi connectivity index (χ0) is 15.7. The molecule has 1 rings (SSSR count). The van der Waals surface area contributed by atoms with Crippen LogP contribution in [0.2, 0.25) is 0 Å². The highest BCUT2D eigenvalue weighted by Gasteiger charge is 2.09. The van der Waals surface area contributed by atoms with Gasteiger partial charge in [-0.3, -0.25) is 0 Å². The van der Waals surface area contributed by atoms with Gasteiger partial charge in [0.15, 0.2) is 0 Å². The van der Waals surface area contributed by atoms with Crippen LogP contribution in [0.5, 0.6) is 0 Å². The number of anilines is 1. The van der Waals surface area contributed by atoms with E-state index in [2.05, 4.69) is 11.0 Å². The van der Waals surface area contributed by atoms with Gasteiger partial charge in [-0.25, -0.2) is 4.79 Å². The Kier molecular flexibility index (Phi) is 6.99. The molecule has 0 saturated carbocycles. The Morgan fingerprint density at radius 1 is 1.48 bits per heavy atom. The Morgan fingerprint density at radius 3 is 2.81 bits per heavy atom. The van der Waals surface area contributed by atoms with Gasteiger partial charge in [-0.05, 0) is 36.3 Å². The molecule has 1 N–H and O–H groups in total. The fourth-order valence-electron chi connectivity index (χ4n) is 2.04. The largest absolute Gasteiger partial charge is 0.478 e. The Bertz CT molecular complexity index is 547. The molecule has 0 radical (unpaired) electrons. The van der Waals surface area contributed by atoms with Crippen LogP contribution in [0.1, 0.15) is 17.5 Å². The maximum absolute atomic E-state index is 10.5. The minimum absolute atomic E-state index is 0.448. The third kappa shape index (κ3) is 5.67. The van der Waals surface area contributed by atoms with Gasteiger partial charge in [0.1, 0.15) is 0 Å². The fourth-order valence-corrected chi connectivity index (χ4v) is 2.04. The van der Waals surface area contributed by atoms with E-state index in [1.54, 1.807) is 13.2 Å². The van der Waals surface area contributed by atoms with Crippen LogP contribution in [0.3, 0.4) is 0 Å². The lowest BCUT2D eigenvalue weighted by molar-refractivity contribution is -0.131. The molecule has 112 valence electrons. The van der Waals surface area contributed by atoms with Crippen molar-refractivity contribution in [2.24, 2.45) is 0 Å². The molecule has 0 aliphatic carbocycles. The van der Waals surface area contributed by atoms with Crippen LogP contribution in [0.4, 0.5) is 5.69 Å². The number of nitrogens with zero attached hydrogens (tertiary/aromatic N) is 2. The molecular weight excluding hydrogens is 268 g/mol. The summed E-state index contributed by atoms with van der Waals surface area (Å²) in [6.07, 6.45) is 3.13. The summed E-state index contributed by atoms with van der Waals surface area (Å²) in [5.41, 5.74) is 2.91. The minimum atomic E-state index is -0.965. The second-order valence-corrected chi connectivity index (χ2v) is 4.61. The van der Waals surface area contributed by atoms with Crippen molar-refractivity contribution in [2.45, 2.75) is 13.3 Å². The molecule has 0 fully saturated rings. The predicted octanol–water partition coefficient (Wildman–Crippen LogP) is 2.46. The normalized spacial score (nSPS) is 10.5. The van der Waals surface area contributed by atoms with E-state index in [9.17, 15) is 4.79 Å². The Balaban J connectivity index is 2.93. The molecule has 5 heteroatoms. The van der Waals surface area contributed by atoms with E-state index in [0.29, 0.717) is 26.1 Å². The molecule has 0 aliphatic rings. The Morgan fingerprint density at radius 2 is 2.24 bits per heavy atom. The first-order valence-corrected chi connectivity index (χ1v) is 6.71. The van der Waals surface area contributed by atoms with E-state index >= 15 is 0 Å². The van der Waals surface area contributed by atoms with E-state index in [1.165, 1.54) is 0 Å². The Hall–Kier alpha value is -2.32. The lowest BCUT2D eigenvalue weighted by Crippen LogP contribution is -2.28. The molecule has 0 aromatic heterocycles. The second kappa shape index (κ2) is 8.77. The fraction of sp³-hybridized carbons (Fsp3) is 0.375. The molecule has 21 heavy (non-hydrogen) atoms. The van der Waals surface area contributed by atoms with E-state index in [-0.39, 0.29) is 0 Å². The van der Waals surface area contributed by atoms with Crippen molar-refractivity contribution in [3.05, 3.63) is 35.4 Å². The van der Waals surface area contributed by atoms with E-state index in [4.69, 9.17) is 15.1 Å². The first kappa shape index (κ1) is 16.7. The molecular formula is C16H20N2O3. The quantitative estimate of drug-likeness (QED) is 0.744. The maximum Gasteiger partial charge on any atom is 0.328 e. The molecule has 0 atom stereocenters. The topological polar surface area (TPSA) is 73.6 Å². The molecule has 0 bridgehead atoms. The molecule has 0 saturated heterocycles. The van der Waals surface area contributed by atoms with Crippen LogP contribution in [0.15, 0.2) is 24.3 Å². The van der Waals surface area contributed by atoms with Gasteiger partial charge in [-0.2, -0.15) is 5.26 Å². The number of aliphatic carboxylic acids is 1. The SMILES string of the molecule is COCCN(CCC#N)c1ccc(C=CC(=O)O)cc1C. The molecule has 0 unspecified atom stereocenters. The number of benzene rings is 1. The zero-order valence-electron chi connectivity index (χ0n) is 12.4. The smallest absolute Gasteiger partial charge is 0.328 e. The van der Waals surface area contributed by atoms with E-state index in [0.717, 1.165) is 22.9 Å². The first-order chi connectivity index (χ1) is 10.1. The van der Waals surface area contributed by atoms with Crippen molar-refractivity contribution in [1.82, 2.24) is 0 Å². The number of carbonyl (C=O) groups is 1. The van der Waals surface area contributed by atoms with Gasteiger partial charge in [0.2, 0.25) is 0 Å². The lowest BCUT2D eigenvalue weighted by Gasteiger charge is -2.25. The number of nitriles is 1. The van der Waals surface area contributed by atoms with Crippen LogP contribution < -0.4 is 4.90 Å². The van der Waals surface area contributed by atoms with Gasteiger partial charge in [0, 0.05) is 32.0 Å². The number of ether oxygens (including phenoxy) is 1. The molecule has 1 aromatic rings. The average molecular weight is 288 g/mol. The van der Waals surface area contributed by atoms with E-state index in [1.807, 2.05) is 25.1 Å². The van der Waals surface area contributed by atoms with E-state index < -0.39 is 5.97 Å². The summed E-state index contributed by atoms with van der Waals surface area (Å²) < 4.78 is 5.10. The van der Waals surface area contributed by atoms with Crippen LogP contribution in [-0.2, 0) is 9.53 Å². The van der Waals surface area contributed by atoms with Gasteiger partial charge in [0.05, 0.1) is 19.1 Å². The number of hydrogen-bond donors (Lipinski definition) is 1. The highest BCUT2D eigenvalue weighted by molar-refractivity contribution is 5.85. The van der Waals surface area contributed by atoms with Crippen molar-refractivity contribution in [3.8, 4) is 6.07 Å². The number of hydrogen-bond acceptors (Lipinski definition) is 4. The number of rotatable bonds is 8. The van der Waals surface area contributed by atoms with Crippen molar-refractivity contribution in [2.75, 3.05) is 31.7 Å². The molecule has 5 nitrogen and oxygen atoms in total. The predicted molar refractivity (Wildman–Crippen MR) is 82.2 cm³/mol. The third-order valence-corrected chi connectivity index (χ3v) is 3.04. The van der Waals surface area contributed by atoms with Gasteiger partial charge in [0.25, 0.3) is 0 Å². The van der Waals surface area contributed by atoms with Crippen LogP contribution in [0, 0.1) is 18.3 Å². The van der Waals surface area contributed by atoms with Gasteiger partial charge >= 0.3 is 5.97 Å². The van der Waals surface area contributed by atoms with Crippen LogP contribution in [0.25, 0.3) is 6.08 Å². The number of carboxylic acid groups (broad SMARTS) is 1. The van der Waals surface area contributed by atoms with Gasteiger partial charge < -0.3 is 14.7 Å². The van der Waals surface area contributed by atoms with Crippen LogP contribution >= 0.6 is 0 Å². The summed E-state index contributed by atoms with van der Waals surface area (Å²) in [4.78, 5) is 12.6. The zero-order valence-corrected chi connectivity index (χ0v) is 12.4. The second-order valence-electron chi connectivity index (χ2n) is 4.61. The molecule has 0 amide bonds. The van der Waals surface area contributed by atoms with Gasteiger partial charge in [-0.1, -0.05) is 6.07 Å². The number of aryl methyl sites for hydroxylation is 1. The van der Waals surface area contributed by atoms with Crippen molar-refractivity contribution < 1.29 is 14.6 Å². The summed E-state index contributed by atoms with van der Waals surface area (Å²) in [6, 6.07) is 7.90. The summed E-state index contributed by atoms with van der Waals surface area (Å²) in [7, 11) is 1.65. The average Bonchev–Trinajstić information content (AvgIpc) is 2.46. The maximum atomic E-state index is 10.5. The molecule has 1 aromatic carbocycles. The standard InChI is InChI=1S/C16H20N2O3/c1-13-12-14(5-7-16(19)20)4-6-15(13)18(9-3-8-17)10-11-21-2/h4-7,12H,3,9-11H2,1-2H3,(H,19,20). The van der Waals surface area contributed by atoms with Crippen molar-refractivity contribution >= 4 is 17.7 Å². The van der Waals surface area contributed by atoms with Crippen molar-refractivity contribution in [1.29, 1.82) is 5.26 Å². The number of methoxy groups -OCH3 is 1. The summed E-state index contributed by atoms with van der Waals surface area (Å²) in [5.74, 6) is -0.965. The minimum Gasteiger partial charge on any atom is -0.478 e. The monoisotopic (exact) mass is 288 g/mol. The lowest BCUT2D eigenvalue weighted by atomic mass is 10.1. The summed E-state index contributed by atoms with van der Waals surface area (Å²) in [5, 5.41) is 17.4. The third-order valence-electron chi connectivity index (χ3n) is 3.04. The molecule has 0 aliphatic heterocycles. The highest BCUT2D eigenvalue weighted by atomic mass is 16.5. The number of carboxylic acids is 1.